The molecule has 0 aliphatic heterocycles. The molecule has 0 saturated heterocycles. The maximum absolute atomic E-state index is 12.5. The topological polar surface area (TPSA) is 61.4 Å². The van der Waals surface area contributed by atoms with Crippen LogP contribution in [0.3, 0.4) is 0 Å². The van der Waals surface area contributed by atoms with E-state index in [9.17, 15) is 9.59 Å². The summed E-state index contributed by atoms with van der Waals surface area (Å²) in [5, 5.41) is 5.70. The van der Waals surface area contributed by atoms with Gasteiger partial charge in [-0.15, -0.1) is 0 Å². The van der Waals surface area contributed by atoms with E-state index in [4.69, 9.17) is 0 Å². The van der Waals surface area contributed by atoms with Gasteiger partial charge in [0, 0.05) is 18.7 Å². The van der Waals surface area contributed by atoms with Crippen LogP contribution in [0.15, 0.2) is 48.5 Å². The number of amides is 2. The molecule has 0 fully saturated rings. The van der Waals surface area contributed by atoms with Gasteiger partial charge in [0.15, 0.2) is 0 Å². The van der Waals surface area contributed by atoms with Gasteiger partial charge >= 0.3 is 0 Å². The van der Waals surface area contributed by atoms with E-state index in [-0.39, 0.29) is 17.2 Å². The first-order valence-electron chi connectivity index (χ1n) is 9.98. The molecule has 156 valence electrons. The lowest BCUT2D eigenvalue weighted by Gasteiger charge is -2.19. The van der Waals surface area contributed by atoms with Crippen LogP contribution in [0.2, 0.25) is 0 Å². The highest BCUT2D eigenvalue weighted by Gasteiger charge is 2.18. The number of rotatable bonds is 7. The molecule has 5 nitrogen and oxygen atoms in total. The fourth-order valence-corrected chi connectivity index (χ4v) is 3.03. The van der Waals surface area contributed by atoms with E-state index in [0.29, 0.717) is 12.1 Å². The van der Waals surface area contributed by atoms with Gasteiger partial charge in [-0.1, -0.05) is 57.2 Å². The van der Waals surface area contributed by atoms with E-state index in [2.05, 4.69) is 42.4 Å². The fraction of sp³-hybridized carbons (Fsp3) is 0.417. The SMILES string of the molecule is CC(NC(=O)c1ccc(C(C)(C)C)cc1)C(=O)NCc1ccccc1CN(C)C. The average molecular weight is 396 g/mol. The van der Waals surface area contributed by atoms with Crippen molar-refractivity contribution in [3.63, 3.8) is 0 Å². The lowest BCUT2D eigenvalue weighted by molar-refractivity contribution is -0.122. The Morgan fingerprint density at radius 3 is 2.10 bits per heavy atom. The Kier molecular flexibility index (Phi) is 7.57. The third-order valence-electron chi connectivity index (χ3n) is 4.81. The Morgan fingerprint density at radius 2 is 1.55 bits per heavy atom. The van der Waals surface area contributed by atoms with Crippen LogP contribution in [0.4, 0.5) is 0 Å². The van der Waals surface area contributed by atoms with Gasteiger partial charge < -0.3 is 15.5 Å². The third kappa shape index (κ3) is 6.71. The molecule has 0 spiro atoms. The van der Waals surface area contributed by atoms with Gasteiger partial charge in [-0.05, 0) is 55.3 Å². The summed E-state index contributed by atoms with van der Waals surface area (Å²) in [5.41, 5.74) is 4.00. The Bertz CT molecular complexity index is 836. The molecule has 0 saturated carbocycles. The molecule has 0 heterocycles. The third-order valence-corrected chi connectivity index (χ3v) is 4.81. The molecule has 0 aliphatic carbocycles. The molecule has 0 bridgehead atoms. The van der Waals surface area contributed by atoms with E-state index >= 15 is 0 Å². The number of nitrogens with one attached hydrogen (secondary N) is 2. The molecule has 5 heteroatoms. The minimum Gasteiger partial charge on any atom is -0.350 e. The fourth-order valence-electron chi connectivity index (χ4n) is 3.03. The first kappa shape index (κ1) is 22.6. The minimum absolute atomic E-state index is 0.0328. The largest absolute Gasteiger partial charge is 0.350 e. The number of carbonyl (C=O) groups is 2. The minimum atomic E-state index is -0.620. The van der Waals surface area contributed by atoms with Gasteiger partial charge in [0.2, 0.25) is 5.91 Å². The number of hydrogen-bond acceptors (Lipinski definition) is 3. The molecule has 2 aromatic rings. The van der Waals surface area contributed by atoms with Gasteiger partial charge in [-0.2, -0.15) is 0 Å². The van der Waals surface area contributed by atoms with Crippen LogP contribution >= 0.6 is 0 Å². The summed E-state index contributed by atoms with van der Waals surface area (Å²) < 4.78 is 0. The Hall–Kier alpha value is -2.66. The molecule has 29 heavy (non-hydrogen) atoms. The molecule has 0 aliphatic rings. The van der Waals surface area contributed by atoms with E-state index in [0.717, 1.165) is 17.7 Å². The quantitative estimate of drug-likeness (QED) is 0.755. The molecular formula is C24H33N3O2. The zero-order valence-electron chi connectivity index (χ0n) is 18.4. The van der Waals surface area contributed by atoms with E-state index in [1.807, 2.05) is 44.4 Å². The van der Waals surface area contributed by atoms with Crippen LogP contribution in [0, 0.1) is 0 Å². The summed E-state index contributed by atoms with van der Waals surface area (Å²) in [7, 11) is 4.03. The smallest absolute Gasteiger partial charge is 0.251 e. The van der Waals surface area contributed by atoms with Crippen molar-refractivity contribution in [2.75, 3.05) is 14.1 Å². The maximum Gasteiger partial charge on any atom is 0.251 e. The second-order valence-corrected chi connectivity index (χ2v) is 8.75. The highest BCUT2D eigenvalue weighted by atomic mass is 16.2. The normalized spacial score (nSPS) is 12.5. The van der Waals surface area contributed by atoms with Gasteiger partial charge in [-0.25, -0.2) is 0 Å². The highest BCUT2D eigenvalue weighted by Crippen LogP contribution is 2.22. The van der Waals surface area contributed by atoms with Gasteiger partial charge in [0.05, 0.1) is 0 Å². The van der Waals surface area contributed by atoms with Crippen molar-refractivity contribution < 1.29 is 9.59 Å². The van der Waals surface area contributed by atoms with Crippen LogP contribution in [-0.4, -0.2) is 36.9 Å². The molecule has 0 aromatic heterocycles. The van der Waals surface area contributed by atoms with Gasteiger partial charge in [0.1, 0.15) is 6.04 Å². The second kappa shape index (κ2) is 9.70. The predicted octanol–water partition coefficient (Wildman–Crippen LogP) is 3.48. The molecule has 1 unspecified atom stereocenters. The number of benzene rings is 2. The summed E-state index contributed by atoms with van der Waals surface area (Å²) in [6.45, 7) is 9.33. The summed E-state index contributed by atoms with van der Waals surface area (Å²) in [6.07, 6.45) is 0. The first-order chi connectivity index (χ1) is 13.6. The van der Waals surface area contributed by atoms with Crippen molar-refractivity contribution in [1.29, 1.82) is 0 Å². The van der Waals surface area contributed by atoms with Crippen molar-refractivity contribution in [2.24, 2.45) is 0 Å². The Balaban J connectivity index is 1.93. The second-order valence-electron chi connectivity index (χ2n) is 8.75. The lowest BCUT2D eigenvalue weighted by Crippen LogP contribution is -2.44. The zero-order chi connectivity index (χ0) is 21.6. The van der Waals surface area contributed by atoms with E-state index in [1.54, 1.807) is 19.1 Å². The molecule has 2 N–H and O–H groups in total. The zero-order valence-corrected chi connectivity index (χ0v) is 18.4. The van der Waals surface area contributed by atoms with Crippen LogP contribution in [0.25, 0.3) is 0 Å². The number of nitrogens with zero attached hydrogens (tertiary/aromatic N) is 1. The molecular weight excluding hydrogens is 362 g/mol. The summed E-state index contributed by atoms with van der Waals surface area (Å²) in [5.74, 6) is -0.453. The molecule has 2 aromatic carbocycles. The van der Waals surface area contributed by atoms with Gasteiger partial charge in [0.25, 0.3) is 5.91 Å². The van der Waals surface area contributed by atoms with Crippen molar-refractivity contribution in [1.82, 2.24) is 15.5 Å². The predicted molar refractivity (Wildman–Crippen MR) is 118 cm³/mol. The van der Waals surface area contributed by atoms with Crippen molar-refractivity contribution >= 4 is 11.8 Å². The van der Waals surface area contributed by atoms with Crippen molar-refractivity contribution in [2.45, 2.75) is 52.2 Å². The van der Waals surface area contributed by atoms with Crippen molar-refractivity contribution in [3.05, 3.63) is 70.8 Å². The standard InChI is InChI=1S/C24H33N3O2/c1-17(26-23(29)18-11-13-21(14-12-18)24(2,3)4)22(28)25-15-19-9-7-8-10-20(19)16-27(5)6/h7-14,17H,15-16H2,1-6H3,(H,25,28)(H,26,29). The summed E-state index contributed by atoms with van der Waals surface area (Å²) in [6, 6.07) is 14.9. The summed E-state index contributed by atoms with van der Waals surface area (Å²) in [4.78, 5) is 27.0. The Labute approximate surface area is 174 Å². The van der Waals surface area contributed by atoms with Crippen molar-refractivity contribution in [3.8, 4) is 0 Å². The lowest BCUT2D eigenvalue weighted by atomic mass is 9.86. The van der Waals surface area contributed by atoms with Crippen LogP contribution in [0.5, 0.6) is 0 Å². The number of carbonyl (C=O) groups excluding carboxylic acids is 2. The number of hydrogen-bond donors (Lipinski definition) is 2. The van der Waals surface area contributed by atoms with Gasteiger partial charge in [-0.3, -0.25) is 9.59 Å². The van der Waals surface area contributed by atoms with E-state index in [1.165, 1.54) is 5.56 Å². The van der Waals surface area contributed by atoms with Crippen LogP contribution in [-0.2, 0) is 23.3 Å². The monoisotopic (exact) mass is 395 g/mol. The average Bonchev–Trinajstić information content (AvgIpc) is 2.66. The maximum atomic E-state index is 12.5. The molecule has 1 atom stereocenters. The Morgan fingerprint density at radius 1 is 0.966 bits per heavy atom. The molecule has 2 rings (SSSR count). The summed E-state index contributed by atoms with van der Waals surface area (Å²) >= 11 is 0. The molecule has 2 amide bonds. The van der Waals surface area contributed by atoms with Crippen LogP contribution in [0.1, 0.15) is 54.7 Å². The highest BCUT2D eigenvalue weighted by molar-refractivity contribution is 5.97. The van der Waals surface area contributed by atoms with Crippen LogP contribution < -0.4 is 10.6 Å². The molecule has 0 radical (unpaired) electrons. The first-order valence-corrected chi connectivity index (χ1v) is 9.98. The van der Waals surface area contributed by atoms with E-state index < -0.39 is 6.04 Å².